The second-order valence-electron chi connectivity index (χ2n) is 5.00. The van der Waals surface area contributed by atoms with Gasteiger partial charge in [0.2, 0.25) is 0 Å². The minimum atomic E-state index is 0.582. The standard InChI is InChI=1S/C17H20/c1-13-4-8-16(9-5-13)12-15(3)17-10-6-14(2)7-11-17/h4-11,15H,12H2,1-3H3. The van der Waals surface area contributed by atoms with E-state index in [2.05, 4.69) is 69.3 Å². The van der Waals surface area contributed by atoms with Crippen molar-refractivity contribution in [2.75, 3.05) is 0 Å². The highest BCUT2D eigenvalue weighted by molar-refractivity contribution is 5.27. The largest absolute Gasteiger partial charge is 0.0591 e. The van der Waals surface area contributed by atoms with Crippen molar-refractivity contribution < 1.29 is 0 Å². The predicted molar refractivity (Wildman–Crippen MR) is 74.5 cm³/mol. The van der Waals surface area contributed by atoms with Crippen LogP contribution in [0.2, 0.25) is 0 Å². The first-order valence-electron chi connectivity index (χ1n) is 6.27. The van der Waals surface area contributed by atoms with Crippen LogP contribution in [0.5, 0.6) is 0 Å². The quantitative estimate of drug-likeness (QED) is 0.712. The lowest BCUT2D eigenvalue weighted by Crippen LogP contribution is -1.98. The van der Waals surface area contributed by atoms with Crippen molar-refractivity contribution in [3.63, 3.8) is 0 Å². The Kier molecular flexibility index (Phi) is 3.63. The summed E-state index contributed by atoms with van der Waals surface area (Å²) in [6.45, 7) is 6.56. The Morgan fingerprint density at radius 2 is 1.24 bits per heavy atom. The molecule has 0 aliphatic carbocycles. The fraction of sp³-hybridized carbons (Fsp3) is 0.294. The Bertz CT molecular complexity index is 462. The minimum Gasteiger partial charge on any atom is -0.0591 e. The summed E-state index contributed by atoms with van der Waals surface area (Å²) in [5.74, 6) is 0.582. The summed E-state index contributed by atoms with van der Waals surface area (Å²) in [5.41, 5.74) is 5.51. The molecule has 1 unspecified atom stereocenters. The highest BCUT2D eigenvalue weighted by Gasteiger charge is 2.06. The van der Waals surface area contributed by atoms with E-state index in [-0.39, 0.29) is 0 Å². The van der Waals surface area contributed by atoms with Gasteiger partial charge in [-0.3, -0.25) is 0 Å². The molecule has 0 heteroatoms. The van der Waals surface area contributed by atoms with Crippen molar-refractivity contribution in [2.45, 2.75) is 33.1 Å². The van der Waals surface area contributed by atoms with Gasteiger partial charge < -0.3 is 0 Å². The molecule has 17 heavy (non-hydrogen) atoms. The van der Waals surface area contributed by atoms with Crippen LogP contribution in [0.15, 0.2) is 48.5 Å². The van der Waals surface area contributed by atoms with Crippen LogP contribution in [0.1, 0.15) is 35.1 Å². The second kappa shape index (κ2) is 5.18. The van der Waals surface area contributed by atoms with Crippen LogP contribution in [-0.2, 0) is 6.42 Å². The van der Waals surface area contributed by atoms with Crippen LogP contribution in [0.3, 0.4) is 0 Å². The molecule has 0 amide bonds. The normalized spacial score (nSPS) is 12.4. The van der Waals surface area contributed by atoms with Gasteiger partial charge in [0.05, 0.1) is 0 Å². The van der Waals surface area contributed by atoms with E-state index in [0.29, 0.717) is 5.92 Å². The minimum absolute atomic E-state index is 0.582. The molecule has 0 aliphatic heterocycles. The van der Waals surface area contributed by atoms with Gasteiger partial charge in [0.15, 0.2) is 0 Å². The van der Waals surface area contributed by atoms with E-state index >= 15 is 0 Å². The van der Waals surface area contributed by atoms with Crippen molar-refractivity contribution >= 4 is 0 Å². The first-order chi connectivity index (χ1) is 8.15. The first kappa shape index (κ1) is 11.9. The summed E-state index contributed by atoms with van der Waals surface area (Å²) >= 11 is 0. The third kappa shape index (κ3) is 3.20. The molecule has 0 heterocycles. The van der Waals surface area contributed by atoms with E-state index in [0.717, 1.165) is 6.42 Å². The van der Waals surface area contributed by atoms with Gasteiger partial charge in [-0.1, -0.05) is 66.6 Å². The highest BCUT2D eigenvalue weighted by atomic mass is 14.1. The summed E-state index contributed by atoms with van der Waals surface area (Å²) in [6, 6.07) is 17.7. The van der Waals surface area contributed by atoms with Crippen molar-refractivity contribution in [3.8, 4) is 0 Å². The van der Waals surface area contributed by atoms with E-state index in [4.69, 9.17) is 0 Å². The average molecular weight is 224 g/mol. The number of aryl methyl sites for hydroxylation is 2. The van der Waals surface area contributed by atoms with E-state index in [9.17, 15) is 0 Å². The molecule has 2 rings (SSSR count). The predicted octanol–water partition coefficient (Wildman–Crippen LogP) is 4.65. The van der Waals surface area contributed by atoms with Gasteiger partial charge in [-0.05, 0) is 37.3 Å². The number of hydrogen-bond donors (Lipinski definition) is 0. The maximum atomic E-state index is 2.30. The fourth-order valence-corrected chi connectivity index (χ4v) is 2.09. The number of benzene rings is 2. The van der Waals surface area contributed by atoms with Gasteiger partial charge in [0.25, 0.3) is 0 Å². The van der Waals surface area contributed by atoms with Crippen LogP contribution in [0, 0.1) is 13.8 Å². The topological polar surface area (TPSA) is 0 Å². The molecule has 0 nitrogen and oxygen atoms in total. The lowest BCUT2D eigenvalue weighted by atomic mass is 9.93. The summed E-state index contributed by atoms with van der Waals surface area (Å²) in [7, 11) is 0. The monoisotopic (exact) mass is 224 g/mol. The van der Waals surface area contributed by atoms with E-state index in [1.807, 2.05) is 0 Å². The van der Waals surface area contributed by atoms with Gasteiger partial charge in [-0.25, -0.2) is 0 Å². The van der Waals surface area contributed by atoms with Crippen molar-refractivity contribution in [1.82, 2.24) is 0 Å². The molecule has 1 atom stereocenters. The molecular weight excluding hydrogens is 204 g/mol. The zero-order chi connectivity index (χ0) is 12.3. The van der Waals surface area contributed by atoms with Crippen LogP contribution in [0.25, 0.3) is 0 Å². The highest BCUT2D eigenvalue weighted by Crippen LogP contribution is 2.20. The van der Waals surface area contributed by atoms with Gasteiger partial charge in [0, 0.05) is 0 Å². The Labute approximate surface area is 104 Å². The summed E-state index contributed by atoms with van der Waals surface area (Å²) in [5, 5.41) is 0. The summed E-state index contributed by atoms with van der Waals surface area (Å²) in [6.07, 6.45) is 1.11. The van der Waals surface area contributed by atoms with Crippen molar-refractivity contribution in [3.05, 3.63) is 70.8 Å². The molecule has 0 spiro atoms. The Morgan fingerprint density at radius 3 is 1.76 bits per heavy atom. The fourth-order valence-electron chi connectivity index (χ4n) is 2.09. The van der Waals surface area contributed by atoms with E-state index in [1.54, 1.807) is 0 Å². The molecule has 0 saturated heterocycles. The van der Waals surface area contributed by atoms with Crippen LogP contribution in [0.4, 0.5) is 0 Å². The number of hydrogen-bond acceptors (Lipinski definition) is 0. The summed E-state index contributed by atoms with van der Waals surface area (Å²) in [4.78, 5) is 0. The maximum Gasteiger partial charge on any atom is -0.0150 e. The molecule has 0 N–H and O–H groups in total. The Morgan fingerprint density at radius 1 is 0.765 bits per heavy atom. The smallest absolute Gasteiger partial charge is 0.0150 e. The maximum absolute atomic E-state index is 2.30. The van der Waals surface area contributed by atoms with Crippen LogP contribution >= 0.6 is 0 Å². The Balaban J connectivity index is 2.08. The Hall–Kier alpha value is -1.56. The van der Waals surface area contributed by atoms with Crippen LogP contribution in [-0.4, -0.2) is 0 Å². The zero-order valence-electron chi connectivity index (χ0n) is 10.9. The molecule has 0 aliphatic rings. The molecule has 2 aromatic carbocycles. The molecule has 0 saturated carbocycles. The van der Waals surface area contributed by atoms with E-state index in [1.165, 1.54) is 22.3 Å². The van der Waals surface area contributed by atoms with Crippen LogP contribution < -0.4 is 0 Å². The molecule has 0 radical (unpaired) electrons. The van der Waals surface area contributed by atoms with E-state index < -0.39 is 0 Å². The third-order valence-corrected chi connectivity index (χ3v) is 3.31. The summed E-state index contributed by atoms with van der Waals surface area (Å²) < 4.78 is 0. The number of rotatable bonds is 3. The van der Waals surface area contributed by atoms with Crippen molar-refractivity contribution in [2.24, 2.45) is 0 Å². The molecule has 2 aromatic rings. The average Bonchev–Trinajstić information content (AvgIpc) is 2.33. The van der Waals surface area contributed by atoms with Crippen molar-refractivity contribution in [1.29, 1.82) is 0 Å². The second-order valence-corrected chi connectivity index (χ2v) is 5.00. The molecule has 0 bridgehead atoms. The lowest BCUT2D eigenvalue weighted by molar-refractivity contribution is 0.758. The molecule has 0 fully saturated rings. The first-order valence-corrected chi connectivity index (χ1v) is 6.27. The molecule has 0 aromatic heterocycles. The SMILES string of the molecule is Cc1ccc(CC(C)c2ccc(C)cc2)cc1. The van der Waals surface area contributed by atoms with Gasteiger partial charge >= 0.3 is 0 Å². The van der Waals surface area contributed by atoms with Gasteiger partial charge in [0.1, 0.15) is 0 Å². The lowest BCUT2D eigenvalue weighted by Gasteiger charge is -2.12. The molecular formula is C17H20. The third-order valence-electron chi connectivity index (χ3n) is 3.31. The molecule has 88 valence electrons. The zero-order valence-corrected chi connectivity index (χ0v) is 10.9. The van der Waals surface area contributed by atoms with Gasteiger partial charge in [-0.2, -0.15) is 0 Å². The van der Waals surface area contributed by atoms with Gasteiger partial charge in [-0.15, -0.1) is 0 Å².